The third-order valence-corrected chi connectivity index (χ3v) is 3.18. The van der Waals surface area contributed by atoms with Crippen molar-refractivity contribution in [3.05, 3.63) is 23.5 Å². The molecule has 4 nitrogen and oxygen atoms in total. The zero-order chi connectivity index (χ0) is 14.2. The van der Waals surface area contributed by atoms with Gasteiger partial charge in [-0.3, -0.25) is 4.79 Å². The Morgan fingerprint density at radius 2 is 1.79 bits per heavy atom. The van der Waals surface area contributed by atoms with Gasteiger partial charge >= 0.3 is 0 Å². The Hall–Kier alpha value is -1.97. The Labute approximate surface area is 112 Å². The van der Waals surface area contributed by atoms with E-state index in [9.17, 15) is 4.79 Å². The number of methoxy groups -OCH3 is 2. The fourth-order valence-corrected chi connectivity index (χ4v) is 2.17. The van der Waals surface area contributed by atoms with Crippen LogP contribution in [-0.4, -0.2) is 20.5 Å². The quantitative estimate of drug-likeness (QED) is 0.793. The van der Waals surface area contributed by atoms with Crippen molar-refractivity contribution in [2.75, 3.05) is 14.2 Å². The van der Waals surface area contributed by atoms with Crippen LogP contribution in [0.2, 0.25) is 0 Å². The van der Waals surface area contributed by atoms with Crippen LogP contribution < -0.4 is 9.47 Å². The van der Waals surface area contributed by atoms with Gasteiger partial charge in [0.25, 0.3) is 0 Å². The van der Waals surface area contributed by atoms with Gasteiger partial charge in [0.2, 0.25) is 0 Å². The zero-order valence-electron chi connectivity index (χ0n) is 11.9. The molecular weight excluding hydrogens is 244 g/mol. The summed E-state index contributed by atoms with van der Waals surface area (Å²) in [6.07, 6.45) is 2.43. The molecule has 4 heteroatoms. The molecule has 1 aromatic heterocycles. The van der Waals surface area contributed by atoms with Crippen molar-refractivity contribution < 1.29 is 18.7 Å². The molecule has 0 N–H and O–H groups in total. The summed E-state index contributed by atoms with van der Waals surface area (Å²) < 4.78 is 16.2. The number of fused-ring (bicyclic) bond motifs is 1. The van der Waals surface area contributed by atoms with Gasteiger partial charge in [-0.1, -0.05) is 20.8 Å². The smallest absolute Gasteiger partial charge is 0.157 e. The molecular formula is C15H18O4. The normalized spacial score (nSPS) is 11.6. The van der Waals surface area contributed by atoms with E-state index in [1.54, 1.807) is 19.4 Å². The van der Waals surface area contributed by atoms with E-state index in [2.05, 4.69) is 20.8 Å². The van der Waals surface area contributed by atoms with Gasteiger partial charge in [-0.15, -0.1) is 0 Å². The number of rotatable bonds is 3. The third-order valence-electron chi connectivity index (χ3n) is 3.18. The number of carbonyl (C=O) groups is 1. The number of hydrogen-bond acceptors (Lipinski definition) is 4. The Morgan fingerprint density at radius 1 is 1.16 bits per heavy atom. The molecule has 0 spiro atoms. The first kappa shape index (κ1) is 13.5. The minimum absolute atomic E-state index is 0.104. The van der Waals surface area contributed by atoms with E-state index in [1.165, 1.54) is 7.11 Å². The highest BCUT2D eigenvalue weighted by molar-refractivity contribution is 6.02. The summed E-state index contributed by atoms with van der Waals surface area (Å²) in [5, 5.41) is 0.831. The van der Waals surface area contributed by atoms with Gasteiger partial charge in [-0.2, -0.15) is 0 Å². The van der Waals surface area contributed by atoms with Gasteiger partial charge in [-0.05, 0) is 5.41 Å². The second-order valence-corrected chi connectivity index (χ2v) is 5.42. The molecule has 102 valence electrons. The van der Waals surface area contributed by atoms with Crippen molar-refractivity contribution in [2.45, 2.75) is 26.2 Å². The number of benzene rings is 1. The summed E-state index contributed by atoms with van der Waals surface area (Å²) in [6.45, 7) is 6.25. The second kappa shape index (κ2) is 4.61. The van der Waals surface area contributed by atoms with Crippen LogP contribution in [0.5, 0.6) is 11.5 Å². The molecule has 2 rings (SSSR count). The molecule has 1 heterocycles. The van der Waals surface area contributed by atoms with Crippen molar-refractivity contribution >= 4 is 17.3 Å². The molecule has 0 atom stereocenters. The van der Waals surface area contributed by atoms with Crippen molar-refractivity contribution in [3.8, 4) is 11.5 Å². The van der Waals surface area contributed by atoms with Crippen LogP contribution in [-0.2, 0) is 5.41 Å². The van der Waals surface area contributed by atoms with Gasteiger partial charge in [-0.25, -0.2) is 0 Å². The van der Waals surface area contributed by atoms with Crippen molar-refractivity contribution in [2.24, 2.45) is 0 Å². The standard InChI is InChI=1S/C15H18O4/c1-15(2,3)10-8-19-14-9(7-16)11(17-4)6-12(18-5)13(10)14/h6-8H,1-5H3. The predicted octanol–water partition coefficient (Wildman–Crippen LogP) is 3.56. The second-order valence-electron chi connectivity index (χ2n) is 5.42. The third kappa shape index (κ3) is 2.07. The van der Waals surface area contributed by atoms with E-state index in [1.807, 2.05) is 0 Å². The molecule has 1 aromatic carbocycles. The van der Waals surface area contributed by atoms with Gasteiger partial charge in [0.05, 0.1) is 31.4 Å². The van der Waals surface area contributed by atoms with Crippen LogP contribution in [0.1, 0.15) is 36.7 Å². The van der Waals surface area contributed by atoms with Gasteiger partial charge in [0.1, 0.15) is 11.5 Å². The summed E-state index contributed by atoms with van der Waals surface area (Å²) in [7, 11) is 3.11. The minimum atomic E-state index is -0.104. The molecule has 0 unspecified atom stereocenters. The van der Waals surface area contributed by atoms with Gasteiger partial charge in [0.15, 0.2) is 11.9 Å². The summed E-state index contributed by atoms with van der Waals surface area (Å²) in [4.78, 5) is 11.3. The van der Waals surface area contributed by atoms with E-state index in [0.29, 0.717) is 22.6 Å². The topological polar surface area (TPSA) is 48.7 Å². The molecule has 0 saturated carbocycles. The van der Waals surface area contributed by atoms with Crippen molar-refractivity contribution in [1.29, 1.82) is 0 Å². The summed E-state index contributed by atoms with van der Waals surface area (Å²) in [5.41, 5.74) is 1.82. The Bertz CT molecular complexity index is 617. The lowest BCUT2D eigenvalue weighted by Gasteiger charge is -2.18. The first-order chi connectivity index (χ1) is 8.93. The average Bonchev–Trinajstić information content (AvgIpc) is 2.81. The van der Waals surface area contributed by atoms with E-state index >= 15 is 0 Å². The lowest BCUT2D eigenvalue weighted by molar-refractivity contribution is 0.112. The van der Waals surface area contributed by atoms with E-state index in [4.69, 9.17) is 13.9 Å². The highest BCUT2D eigenvalue weighted by atomic mass is 16.5. The summed E-state index contributed by atoms with van der Waals surface area (Å²) in [6, 6.07) is 1.72. The monoisotopic (exact) mass is 262 g/mol. The molecule has 2 aromatic rings. The number of hydrogen-bond donors (Lipinski definition) is 0. The number of ether oxygens (including phenoxy) is 2. The first-order valence-corrected chi connectivity index (χ1v) is 6.05. The summed E-state index contributed by atoms with van der Waals surface area (Å²) >= 11 is 0. The lowest BCUT2D eigenvalue weighted by Crippen LogP contribution is -2.10. The maximum Gasteiger partial charge on any atom is 0.157 e. The molecule has 0 aliphatic rings. The van der Waals surface area contributed by atoms with Crippen molar-refractivity contribution in [1.82, 2.24) is 0 Å². The highest BCUT2D eigenvalue weighted by Gasteiger charge is 2.25. The molecule has 0 bridgehead atoms. The average molecular weight is 262 g/mol. The SMILES string of the molecule is COc1cc(OC)c2c(C(C)(C)C)coc2c1C=O. The van der Waals surface area contributed by atoms with Gasteiger partial charge in [0, 0.05) is 11.6 Å². The lowest BCUT2D eigenvalue weighted by atomic mass is 9.86. The molecule has 0 aliphatic carbocycles. The van der Waals surface area contributed by atoms with Crippen LogP contribution in [0.4, 0.5) is 0 Å². The Kier molecular flexibility index (Phi) is 3.27. The molecule has 0 saturated heterocycles. The van der Waals surface area contributed by atoms with E-state index in [0.717, 1.165) is 17.2 Å². The Balaban J connectivity index is 2.90. The molecule has 0 amide bonds. The van der Waals surface area contributed by atoms with E-state index < -0.39 is 0 Å². The maximum absolute atomic E-state index is 11.3. The number of furan rings is 1. The fourth-order valence-electron chi connectivity index (χ4n) is 2.17. The van der Waals surface area contributed by atoms with Crippen LogP contribution in [0.15, 0.2) is 16.7 Å². The van der Waals surface area contributed by atoms with Gasteiger partial charge < -0.3 is 13.9 Å². The summed E-state index contributed by atoms with van der Waals surface area (Å²) in [5.74, 6) is 1.10. The highest BCUT2D eigenvalue weighted by Crippen LogP contribution is 2.42. The van der Waals surface area contributed by atoms with Crippen LogP contribution in [0.3, 0.4) is 0 Å². The first-order valence-electron chi connectivity index (χ1n) is 6.05. The van der Waals surface area contributed by atoms with E-state index in [-0.39, 0.29) is 5.41 Å². The largest absolute Gasteiger partial charge is 0.496 e. The molecule has 0 radical (unpaired) electrons. The maximum atomic E-state index is 11.3. The number of carbonyl (C=O) groups excluding carboxylic acids is 1. The minimum Gasteiger partial charge on any atom is -0.496 e. The molecule has 0 aliphatic heterocycles. The van der Waals surface area contributed by atoms with Crippen LogP contribution >= 0.6 is 0 Å². The van der Waals surface area contributed by atoms with Crippen molar-refractivity contribution in [3.63, 3.8) is 0 Å². The predicted molar refractivity (Wildman–Crippen MR) is 73.4 cm³/mol. The molecule has 19 heavy (non-hydrogen) atoms. The van der Waals surface area contributed by atoms with Crippen LogP contribution in [0.25, 0.3) is 11.0 Å². The molecule has 0 fully saturated rings. The zero-order valence-corrected chi connectivity index (χ0v) is 11.9. The fraction of sp³-hybridized carbons (Fsp3) is 0.400. The Morgan fingerprint density at radius 3 is 2.26 bits per heavy atom. The number of aldehydes is 1. The van der Waals surface area contributed by atoms with Crippen LogP contribution in [0, 0.1) is 0 Å².